The predicted octanol–water partition coefficient (Wildman–Crippen LogP) is 2.59. The van der Waals surface area contributed by atoms with Crippen LogP contribution in [0.3, 0.4) is 0 Å². The maximum absolute atomic E-state index is 13.2. The number of carbonyl (C=O) groups is 1. The highest BCUT2D eigenvalue weighted by atomic mass is 35.5. The summed E-state index contributed by atoms with van der Waals surface area (Å²) in [7, 11) is 1.70. The number of piperidine rings is 1. The van der Waals surface area contributed by atoms with Gasteiger partial charge in [0, 0.05) is 39.8 Å². The van der Waals surface area contributed by atoms with E-state index < -0.39 is 0 Å². The van der Waals surface area contributed by atoms with Crippen LogP contribution in [0.4, 0.5) is 0 Å². The number of amides is 1. The number of piperazine rings is 1. The fourth-order valence-electron chi connectivity index (χ4n) is 4.16. The molecule has 0 radical (unpaired) electrons. The van der Waals surface area contributed by atoms with E-state index in [2.05, 4.69) is 27.2 Å². The molecule has 1 aromatic rings. The Balaban J connectivity index is 0.00000210. The van der Waals surface area contributed by atoms with Crippen molar-refractivity contribution in [3.8, 4) is 5.75 Å². The highest BCUT2D eigenvalue weighted by molar-refractivity contribution is 5.85. The first-order valence-corrected chi connectivity index (χ1v) is 10.1. The summed E-state index contributed by atoms with van der Waals surface area (Å²) in [5.74, 6) is 1.20. The third-order valence-corrected chi connectivity index (χ3v) is 5.74. The summed E-state index contributed by atoms with van der Waals surface area (Å²) in [5.41, 5.74) is 0.949. The van der Waals surface area contributed by atoms with Gasteiger partial charge in [-0.3, -0.25) is 9.69 Å². The van der Waals surface area contributed by atoms with Crippen molar-refractivity contribution < 1.29 is 14.3 Å². The van der Waals surface area contributed by atoms with E-state index in [1.807, 2.05) is 19.1 Å². The molecule has 8 heteroatoms. The van der Waals surface area contributed by atoms with Crippen molar-refractivity contribution in [1.29, 1.82) is 0 Å². The highest BCUT2D eigenvalue weighted by Crippen LogP contribution is 2.32. The Labute approximate surface area is 187 Å². The van der Waals surface area contributed by atoms with E-state index in [0.717, 1.165) is 64.4 Å². The fraction of sp³-hybridized carbons (Fsp3) is 0.667. The van der Waals surface area contributed by atoms with Gasteiger partial charge in [0.25, 0.3) is 0 Å². The molecule has 1 N–H and O–H groups in total. The van der Waals surface area contributed by atoms with E-state index in [1.54, 1.807) is 7.11 Å². The number of nitrogens with zero attached hydrogens (tertiary/aromatic N) is 2. The normalized spacial score (nSPS) is 19.0. The molecule has 0 aromatic heterocycles. The Morgan fingerprint density at radius 2 is 1.69 bits per heavy atom. The number of benzene rings is 1. The SMILES string of the molecule is CCOc1ccc(CN2CCN(C(=O)C3(COC)CCNCC3)CC2)cc1.Cl.Cl. The number of methoxy groups -OCH3 is 1. The van der Waals surface area contributed by atoms with Gasteiger partial charge in [0.2, 0.25) is 5.91 Å². The van der Waals surface area contributed by atoms with Gasteiger partial charge in [0.15, 0.2) is 0 Å². The minimum Gasteiger partial charge on any atom is -0.494 e. The van der Waals surface area contributed by atoms with Crippen molar-refractivity contribution in [3.05, 3.63) is 29.8 Å². The molecule has 2 saturated heterocycles. The maximum Gasteiger partial charge on any atom is 0.231 e. The predicted molar refractivity (Wildman–Crippen MR) is 120 cm³/mol. The van der Waals surface area contributed by atoms with Gasteiger partial charge in [0.1, 0.15) is 5.75 Å². The zero-order valence-corrected chi connectivity index (χ0v) is 19.2. The summed E-state index contributed by atoms with van der Waals surface area (Å²) in [6.07, 6.45) is 1.73. The van der Waals surface area contributed by atoms with Crippen LogP contribution in [-0.4, -0.2) is 75.3 Å². The molecule has 1 aromatic carbocycles. The second-order valence-corrected chi connectivity index (χ2v) is 7.61. The number of halogens is 2. The standard InChI is InChI=1S/C21H33N3O3.2ClH/c1-3-27-19-6-4-18(5-7-19)16-23-12-14-24(15-13-23)20(25)21(17-26-2)8-10-22-11-9-21;;/h4-7,22H,3,8-17H2,1-2H3;2*1H. The van der Waals surface area contributed by atoms with Crippen LogP contribution in [0, 0.1) is 5.41 Å². The molecular weight excluding hydrogens is 413 g/mol. The molecule has 1 amide bonds. The summed E-state index contributed by atoms with van der Waals surface area (Å²) < 4.78 is 10.9. The molecule has 0 spiro atoms. The molecule has 0 unspecified atom stereocenters. The Hall–Kier alpha value is -1.05. The van der Waals surface area contributed by atoms with Crippen LogP contribution in [-0.2, 0) is 16.1 Å². The third kappa shape index (κ3) is 6.72. The molecule has 2 fully saturated rings. The molecule has 29 heavy (non-hydrogen) atoms. The molecule has 0 aliphatic carbocycles. The lowest BCUT2D eigenvalue weighted by Crippen LogP contribution is -2.56. The number of hydrogen-bond acceptors (Lipinski definition) is 5. The summed E-state index contributed by atoms with van der Waals surface area (Å²) >= 11 is 0. The zero-order chi connectivity index (χ0) is 19.1. The molecule has 2 heterocycles. The molecule has 0 atom stereocenters. The van der Waals surface area contributed by atoms with Crippen LogP contribution in [0.25, 0.3) is 0 Å². The lowest BCUT2D eigenvalue weighted by Gasteiger charge is -2.42. The first-order valence-electron chi connectivity index (χ1n) is 10.1. The Kier molecular flexibility index (Phi) is 11.3. The van der Waals surface area contributed by atoms with Crippen molar-refractivity contribution in [3.63, 3.8) is 0 Å². The topological polar surface area (TPSA) is 54.0 Å². The summed E-state index contributed by atoms with van der Waals surface area (Å²) in [6, 6.07) is 8.32. The minimum atomic E-state index is -0.336. The third-order valence-electron chi connectivity index (χ3n) is 5.74. The average molecular weight is 448 g/mol. The first-order chi connectivity index (χ1) is 13.2. The number of carbonyl (C=O) groups excluding carboxylic acids is 1. The van der Waals surface area contributed by atoms with Crippen LogP contribution < -0.4 is 10.1 Å². The van der Waals surface area contributed by atoms with E-state index >= 15 is 0 Å². The fourth-order valence-corrected chi connectivity index (χ4v) is 4.16. The van der Waals surface area contributed by atoms with Crippen LogP contribution >= 0.6 is 24.8 Å². The molecule has 6 nitrogen and oxygen atoms in total. The van der Waals surface area contributed by atoms with E-state index in [4.69, 9.17) is 9.47 Å². The number of ether oxygens (including phenoxy) is 2. The van der Waals surface area contributed by atoms with Gasteiger partial charge in [-0.25, -0.2) is 0 Å². The first kappa shape index (κ1) is 26.0. The minimum absolute atomic E-state index is 0. The van der Waals surface area contributed by atoms with E-state index in [1.165, 1.54) is 5.56 Å². The number of hydrogen-bond donors (Lipinski definition) is 1. The van der Waals surface area contributed by atoms with Crippen molar-refractivity contribution in [2.75, 3.05) is 59.6 Å². The van der Waals surface area contributed by atoms with Gasteiger partial charge in [0.05, 0.1) is 18.6 Å². The lowest BCUT2D eigenvalue weighted by molar-refractivity contribution is -0.149. The van der Waals surface area contributed by atoms with Crippen molar-refractivity contribution in [2.45, 2.75) is 26.3 Å². The van der Waals surface area contributed by atoms with Crippen LogP contribution in [0.15, 0.2) is 24.3 Å². The van der Waals surface area contributed by atoms with E-state index in [9.17, 15) is 4.79 Å². The van der Waals surface area contributed by atoms with Crippen molar-refractivity contribution in [1.82, 2.24) is 15.1 Å². The Morgan fingerprint density at radius 1 is 1.07 bits per heavy atom. The summed E-state index contributed by atoms with van der Waals surface area (Å²) in [5, 5.41) is 3.36. The quantitative estimate of drug-likeness (QED) is 0.695. The van der Waals surface area contributed by atoms with Crippen molar-refractivity contribution in [2.24, 2.45) is 5.41 Å². The Morgan fingerprint density at radius 3 is 2.24 bits per heavy atom. The van der Waals surface area contributed by atoms with Crippen LogP contribution in [0.1, 0.15) is 25.3 Å². The van der Waals surface area contributed by atoms with Gasteiger partial charge in [-0.05, 0) is 50.6 Å². The second-order valence-electron chi connectivity index (χ2n) is 7.61. The highest BCUT2D eigenvalue weighted by Gasteiger charge is 2.42. The van der Waals surface area contributed by atoms with Gasteiger partial charge in [-0.2, -0.15) is 0 Å². The Bertz CT molecular complexity index is 596. The molecule has 0 bridgehead atoms. The van der Waals surface area contributed by atoms with Gasteiger partial charge in [-0.1, -0.05) is 12.1 Å². The van der Waals surface area contributed by atoms with Crippen molar-refractivity contribution >= 4 is 30.7 Å². The maximum atomic E-state index is 13.2. The number of nitrogens with one attached hydrogen (secondary N) is 1. The lowest BCUT2D eigenvalue weighted by atomic mass is 9.78. The molecule has 166 valence electrons. The van der Waals surface area contributed by atoms with Gasteiger partial charge < -0.3 is 19.7 Å². The number of rotatable bonds is 7. The molecule has 3 rings (SSSR count). The van der Waals surface area contributed by atoms with Crippen LogP contribution in [0.5, 0.6) is 5.75 Å². The second kappa shape index (κ2) is 12.6. The van der Waals surface area contributed by atoms with Crippen LogP contribution in [0.2, 0.25) is 0 Å². The molecule has 2 aliphatic rings. The summed E-state index contributed by atoms with van der Waals surface area (Å²) in [6.45, 7) is 9.36. The van der Waals surface area contributed by atoms with E-state index in [-0.39, 0.29) is 36.1 Å². The zero-order valence-electron chi connectivity index (χ0n) is 17.5. The van der Waals surface area contributed by atoms with Gasteiger partial charge in [-0.15, -0.1) is 24.8 Å². The molecule has 0 saturated carbocycles. The smallest absolute Gasteiger partial charge is 0.231 e. The average Bonchev–Trinajstić information content (AvgIpc) is 2.71. The molecule has 2 aliphatic heterocycles. The monoisotopic (exact) mass is 447 g/mol. The largest absolute Gasteiger partial charge is 0.494 e. The molecular formula is C21H35Cl2N3O3. The van der Waals surface area contributed by atoms with E-state index in [0.29, 0.717) is 13.2 Å². The summed E-state index contributed by atoms with van der Waals surface area (Å²) in [4.78, 5) is 17.7. The van der Waals surface area contributed by atoms with Gasteiger partial charge >= 0.3 is 0 Å².